The molecule has 0 heterocycles. The minimum atomic E-state index is -0.302. The standard InChI is InChI=1S/C17H19F2N/c1-11(2)20-10-13-4-7-17(19)16(9-13)15-6-5-14(18)8-12(15)3/h4-9,11,20H,10H2,1-3H3. The van der Waals surface area contributed by atoms with Crippen LogP contribution in [0, 0.1) is 18.6 Å². The molecule has 0 fully saturated rings. The zero-order chi connectivity index (χ0) is 14.7. The summed E-state index contributed by atoms with van der Waals surface area (Å²) in [7, 11) is 0. The van der Waals surface area contributed by atoms with E-state index in [1.165, 1.54) is 18.2 Å². The van der Waals surface area contributed by atoms with E-state index in [2.05, 4.69) is 19.2 Å². The maximum absolute atomic E-state index is 14.0. The van der Waals surface area contributed by atoms with Crippen LogP contribution >= 0.6 is 0 Å². The average molecular weight is 275 g/mol. The molecule has 0 atom stereocenters. The van der Waals surface area contributed by atoms with E-state index in [9.17, 15) is 8.78 Å². The van der Waals surface area contributed by atoms with E-state index < -0.39 is 0 Å². The molecule has 3 heteroatoms. The quantitative estimate of drug-likeness (QED) is 0.870. The predicted octanol–water partition coefficient (Wildman–Crippen LogP) is 4.44. The summed E-state index contributed by atoms with van der Waals surface area (Å²) in [6.45, 7) is 6.60. The molecule has 0 bridgehead atoms. The van der Waals surface area contributed by atoms with Crippen LogP contribution in [0.4, 0.5) is 8.78 Å². The van der Waals surface area contributed by atoms with Crippen LogP contribution in [0.2, 0.25) is 0 Å². The highest BCUT2D eigenvalue weighted by atomic mass is 19.1. The minimum Gasteiger partial charge on any atom is -0.310 e. The van der Waals surface area contributed by atoms with Gasteiger partial charge in [0.05, 0.1) is 0 Å². The van der Waals surface area contributed by atoms with Gasteiger partial charge in [-0.05, 0) is 47.9 Å². The van der Waals surface area contributed by atoms with Gasteiger partial charge in [-0.15, -0.1) is 0 Å². The number of hydrogen-bond acceptors (Lipinski definition) is 1. The Kier molecular flexibility index (Phi) is 4.50. The van der Waals surface area contributed by atoms with E-state index in [1.54, 1.807) is 19.1 Å². The Balaban J connectivity index is 2.37. The first-order valence-corrected chi connectivity index (χ1v) is 6.75. The van der Waals surface area contributed by atoms with Crippen LogP contribution in [0.5, 0.6) is 0 Å². The van der Waals surface area contributed by atoms with Crippen LogP contribution in [-0.4, -0.2) is 6.04 Å². The Morgan fingerprint density at radius 2 is 1.75 bits per heavy atom. The van der Waals surface area contributed by atoms with Crippen molar-refractivity contribution in [1.29, 1.82) is 0 Å². The van der Waals surface area contributed by atoms with Gasteiger partial charge >= 0.3 is 0 Å². The second-order valence-electron chi connectivity index (χ2n) is 5.31. The van der Waals surface area contributed by atoms with E-state index in [0.717, 1.165) is 16.7 Å². The molecule has 0 aliphatic heterocycles. The highest BCUT2D eigenvalue weighted by Crippen LogP contribution is 2.27. The zero-order valence-corrected chi connectivity index (χ0v) is 12.0. The first-order valence-electron chi connectivity index (χ1n) is 6.75. The number of rotatable bonds is 4. The van der Waals surface area contributed by atoms with E-state index in [-0.39, 0.29) is 11.6 Å². The SMILES string of the molecule is Cc1cc(F)ccc1-c1cc(CNC(C)C)ccc1F. The Bertz CT molecular complexity index is 606. The Hall–Kier alpha value is -1.74. The van der Waals surface area contributed by atoms with Crippen LogP contribution in [0.1, 0.15) is 25.0 Å². The van der Waals surface area contributed by atoms with Crippen LogP contribution in [-0.2, 0) is 6.54 Å². The van der Waals surface area contributed by atoms with Crippen molar-refractivity contribution in [3.63, 3.8) is 0 Å². The van der Waals surface area contributed by atoms with Crippen molar-refractivity contribution in [3.05, 3.63) is 59.2 Å². The number of aryl methyl sites for hydroxylation is 1. The summed E-state index contributed by atoms with van der Waals surface area (Å²) in [5.41, 5.74) is 3.00. The molecule has 0 saturated heterocycles. The molecule has 0 radical (unpaired) electrons. The third-order valence-corrected chi connectivity index (χ3v) is 3.22. The van der Waals surface area contributed by atoms with Crippen LogP contribution in [0.25, 0.3) is 11.1 Å². The second-order valence-corrected chi connectivity index (χ2v) is 5.31. The molecule has 0 spiro atoms. The van der Waals surface area contributed by atoms with Gasteiger partial charge < -0.3 is 5.32 Å². The lowest BCUT2D eigenvalue weighted by atomic mass is 9.98. The van der Waals surface area contributed by atoms with Gasteiger partial charge in [-0.2, -0.15) is 0 Å². The van der Waals surface area contributed by atoms with Crippen LogP contribution in [0.15, 0.2) is 36.4 Å². The number of nitrogens with one attached hydrogen (secondary N) is 1. The van der Waals surface area contributed by atoms with E-state index in [0.29, 0.717) is 18.2 Å². The van der Waals surface area contributed by atoms with Crippen molar-refractivity contribution >= 4 is 0 Å². The van der Waals surface area contributed by atoms with Crippen molar-refractivity contribution in [2.75, 3.05) is 0 Å². The van der Waals surface area contributed by atoms with Crippen LogP contribution in [0.3, 0.4) is 0 Å². The summed E-state index contributed by atoms with van der Waals surface area (Å²) < 4.78 is 27.2. The van der Waals surface area contributed by atoms with Gasteiger partial charge in [0, 0.05) is 18.2 Å². The Labute approximate surface area is 118 Å². The molecular formula is C17H19F2N. The first-order chi connectivity index (χ1) is 9.47. The monoisotopic (exact) mass is 275 g/mol. The maximum atomic E-state index is 14.0. The molecule has 20 heavy (non-hydrogen) atoms. The fraction of sp³-hybridized carbons (Fsp3) is 0.294. The maximum Gasteiger partial charge on any atom is 0.131 e. The van der Waals surface area contributed by atoms with Gasteiger partial charge in [-0.3, -0.25) is 0 Å². The Morgan fingerprint density at radius 1 is 1.00 bits per heavy atom. The lowest BCUT2D eigenvalue weighted by Crippen LogP contribution is -2.21. The van der Waals surface area contributed by atoms with Crippen molar-refractivity contribution < 1.29 is 8.78 Å². The molecule has 0 aliphatic rings. The summed E-state index contributed by atoms with van der Waals surface area (Å²) in [5.74, 6) is -0.586. The van der Waals surface area contributed by atoms with Crippen molar-refractivity contribution in [2.45, 2.75) is 33.4 Å². The third kappa shape index (κ3) is 3.42. The van der Waals surface area contributed by atoms with Gasteiger partial charge in [0.15, 0.2) is 0 Å². The fourth-order valence-electron chi connectivity index (χ4n) is 2.14. The van der Waals surface area contributed by atoms with Crippen molar-refractivity contribution in [1.82, 2.24) is 5.32 Å². The topological polar surface area (TPSA) is 12.0 Å². The largest absolute Gasteiger partial charge is 0.310 e. The van der Waals surface area contributed by atoms with E-state index in [4.69, 9.17) is 0 Å². The molecule has 106 valence electrons. The second kappa shape index (κ2) is 6.14. The molecule has 2 aromatic rings. The van der Waals surface area contributed by atoms with Gasteiger partial charge in [0.25, 0.3) is 0 Å². The summed E-state index contributed by atoms with van der Waals surface area (Å²) in [6.07, 6.45) is 0. The molecule has 1 N–H and O–H groups in total. The predicted molar refractivity (Wildman–Crippen MR) is 78.5 cm³/mol. The summed E-state index contributed by atoms with van der Waals surface area (Å²) in [4.78, 5) is 0. The summed E-state index contributed by atoms with van der Waals surface area (Å²) >= 11 is 0. The van der Waals surface area contributed by atoms with Gasteiger partial charge in [0.2, 0.25) is 0 Å². The molecule has 0 aliphatic carbocycles. The molecule has 2 aromatic carbocycles. The van der Waals surface area contributed by atoms with Gasteiger partial charge in [0.1, 0.15) is 11.6 Å². The third-order valence-electron chi connectivity index (χ3n) is 3.22. The minimum absolute atomic E-state index is 0.284. The highest BCUT2D eigenvalue weighted by molar-refractivity contribution is 5.68. The highest BCUT2D eigenvalue weighted by Gasteiger charge is 2.09. The lowest BCUT2D eigenvalue weighted by molar-refractivity contribution is 0.586. The molecule has 0 unspecified atom stereocenters. The van der Waals surface area contributed by atoms with Crippen molar-refractivity contribution in [3.8, 4) is 11.1 Å². The fourth-order valence-corrected chi connectivity index (χ4v) is 2.14. The average Bonchev–Trinajstić information content (AvgIpc) is 2.38. The molecule has 2 rings (SSSR count). The molecule has 1 nitrogen and oxygen atoms in total. The first kappa shape index (κ1) is 14.7. The number of halogens is 2. The molecule has 0 aromatic heterocycles. The number of hydrogen-bond donors (Lipinski definition) is 1. The normalized spacial score (nSPS) is 11.1. The molecule has 0 amide bonds. The van der Waals surface area contributed by atoms with Gasteiger partial charge in [-0.1, -0.05) is 26.0 Å². The van der Waals surface area contributed by atoms with Crippen molar-refractivity contribution in [2.24, 2.45) is 0 Å². The smallest absolute Gasteiger partial charge is 0.131 e. The van der Waals surface area contributed by atoms with Gasteiger partial charge in [-0.25, -0.2) is 8.78 Å². The number of benzene rings is 2. The lowest BCUT2D eigenvalue weighted by Gasteiger charge is -2.12. The summed E-state index contributed by atoms with van der Waals surface area (Å²) in [5, 5.41) is 3.30. The van der Waals surface area contributed by atoms with E-state index in [1.807, 2.05) is 6.07 Å². The Morgan fingerprint density at radius 3 is 2.40 bits per heavy atom. The molecular weight excluding hydrogens is 256 g/mol. The van der Waals surface area contributed by atoms with E-state index >= 15 is 0 Å². The zero-order valence-electron chi connectivity index (χ0n) is 12.0. The molecule has 0 saturated carbocycles. The van der Waals surface area contributed by atoms with Crippen LogP contribution < -0.4 is 5.32 Å². The summed E-state index contributed by atoms with van der Waals surface area (Å²) in [6, 6.07) is 9.85.